The molecule has 1 saturated heterocycles. The predicted molar refractivity (Wildman–Crippen MR) is 121 cm³/mol. The lowest BCUT2D eigenvalue weighted by molar-refractivity contribution is 0.0910. The second kappa shape index (κ2) is 9.35. The fourth-order valence-electron chi connectivity index (χ4n) is 4.15. The number of ether oxygens (including phenoxy) is 1. The number of amides is 1. The second-order valence-electron chi connectivity index (χ2n) is 7.90. The summed E-state index contributed by atoms with van der Waals surface area (Å²) in [6, 6.07) is 14.8. The van der Waals surface area contributed by atoms with Crippen LogP contribution in [-0.4, -0.2) is 37.6 Å². The number of hydrogen-bond acceptors (Lipinski definition) is 5. The Morgan fingerprint density at radius 3 is 2.55 bits per heavy atom. The van der Waals surface area contributed by atoms with Crippen molar-refractivity contribution in [2.24, 2.45) is 0 Å². The summed E-state index contributed by atoms with van der Waals surface area (Å²) in [6.07, 6.45) is 3.14. The SMILES string of the molecule is CCc1ccc2oc(C(=O)NCC(c3ccc(OC)cc3)N3CCCC3)cc(=O)c2c1. The molecule has 162 valence electrons. The van der Waals surface area contributed by atoms with Gasteiger partial charge in [0, 0.05) is 12.6 Å². The van der Waals surface area contributed by atoms with Gasteiger partial charge in [-0.3, -0.25) is 14.5 Å². The standard InChI is InChI=1S/C25H28N2O4/c1-3-17-6-11-23-20(14-17)22(28)15-24(31-23)25(29)26-16-21(27-12-4-5-13-27)18-7-9-19(30-2)10-8-18/h6-11,14-15,21H,3-5,12-13,16H2,1-2H3,(H,26,29). The first-order chi connectivity index (χ1) is 15.1. The highest BCUT2D eigenvalue weighted by Gasteiger charge is 2.24. The van der Waals surface area contributed by atoms with Gasteiger partial charge in [0.1, 0.15) is 11.3 Å². The fourth-order valence-corrected chi connectivity index (χ4v) is 4.15. The van der Waals surface area contributed by atoms with Crippen molar-refractivity contribution in [2.75, 3.05) is 26.7 Å². The van der Waals surface area contributed by atoms with Crippen LogP contribution in [0, 0.1) is 0 Å². The first kappa shape index (κ1) is 21.1. The van der Waals surface area contributed by atoms with E-state index in [1.165, 1.54) is 6.07 Å². The Labute approximate surface area is 181 Å². The lowest BCUT2D eigenvalue weighted by Gasteiger charge is -2.28. The van der Waals surface area contributed by atoms with E-state index in [0.717, 1.165) is 49.2 Å². The van der Waals surface area contributed by atoms with Crippen LogP contribution in [0.3, 0.4) is 0 Å². The van der Waals surface area contributed by atoms with Crippen LogP contribution >= 0.6 is 0 Å². The highest BCUT2D eigenvalue weighted by molar-refractivity contribution is 5.93. The molecule has 1 fully saturated rings. The second-order valence-corrected chi connectivity index (χ2v) is 7.90. The van der Waals surface area contributed by atoms with Crippen molar-refractivity contribution in [3.8, 4) is 5.75 Å². The molecule has 1 amide bonds. The predicted octanol–water partition coefficient (Wildman–Crippen LogP) is 3.93. The first-order valence-electron chi connectivity index (χ1n) is 10.8. The molecule has 6 heteroatoms. The van der Waals surface area contributed by atoms with Crippen LogP contribution in [0.1, 0.15) is 47.5 Å². The van der Waals surface area contributed by atoms with Gasteiger partial charge in [-0.05, 0) is 67.7 Å². The van der Waals surface area contributed by atoms with Gasteiger partial charge in [0.05, 0.1) is 18.5 Å². The van der Waals surface area contributed by atoms with Gasteiger partial charge in [0.2, 0.25) is 0 Å². The summed E-state index contributed by atoms with van der Waals surface area (Å²) in [5.41, 5.74) is 2.41. The minimum Gasteiger partial charge on any atom is -0.497 e. The smallest absolute Gasteiger partial charge is 0.287 e. The summed E-state index contributed by atoms with van der Waals surface area (Å²) in [5, 5.41) is 3.48. The third kappa shape index (κ3) is 4.64. The first-order valence-corrected chi connectivity index (χ1v) is 10.8. The van der Waals surface area contributed by atoms with Crippen molar-refractivity contribution in [2.45, 2.75) is 32.2 Å². The number of hydrogen-bond donors (Lipinski definition) is 1. The number of nitrogens with one attached hydrogen (secondary N) is 1. The van der Waals surface area contributed by atoms with Gasteiger partial charge in [0.15, 0.2) is 11.2 Å². The molecule has 1 aliphatic heterocycles. The van der Waals surface area contributed by atoms with Crippen molar-refractivity contribution >= 4 is 16.9 Å². The number of aryl methyl sites for hydroxylation is 1. The Balaban J connectivity index is 1.53. The molecule has 0 aliphatic carbocycles. The Hall–Kier alpha value is -3.12. The average Bonchev–Trinajstić information content (AvgIpc) is 3.34. The number of fused-ring (bicyclic) bond motifs is 1. The summed E-state index contributed by atoms with van der Waals surface area (Å²) >= 11 is 0. The molecule has 2 aromatic carbocycles. The van der Waals surface area contributed by atoms with E-state index in [-0.39, 0.29) is 23.1 Å². The highest BCUT2D eigenvalue weighted by Crippen LogP contribution is 2.26. The molecule has 0 bridgehead atoms. The zero-order valence-electron chi connectivity index (χ0n) is 18.0. The van der Waals surface area contributed by atoms with Gasteiger partial charge in [-0.2, -0.15) is 0 Å². The molecule has 1 N–H and O–H groups in total. The van der Waals surface area contributed by atoms with Crippen LogP contribution in [0.15, 0.2) is 57.7 Å². The van der Waals surface area contributed by atoms with E-state index >= 15 is 0 Å². The number of rotatable bonds is 7. The maximum Gasteiger partial charge on any atom is 0.287 e. The van der Waals surface area contributed by atoms with E-state index < -0.39 is 0 Å². The Kier molecular flexibility index (Phi) is 6.37. The monoisotopic (exact) mass is 420 g/mol. The zero-order valence-corrected chi connectivity index (χ0v) is 18.0. The van der Waals surface area contributed by atoms with Crippen molar-refractivity contribution in [3.05, 3.63) is 75.6 Å². The van der Waals surface area contributed by atoms with E-state index in [4.69, 9.17) is 9.15 Å². The lowest BCUT2D eigenvalue weighted by Crippen LogP contribution is -2.37. The molecule has 1 aliphatic rings. The van der Waals surface area contributed by atoms with E-state index in [9.17, 15) is 9.59 Å². The van der Waals surface area contributed by atoms with Gasteiger partial charge in [-0.15, -0.1) is 0 Å². The summed E-state index contributed by atoms with van der Waals surface area (Å²) < 4.78 is 11.0. The molecular weight excluding hydrogens is 392 g/mol. The summed E-state index contributed by atoms with van der Waals surface area (Å²) in [5.74, 6) is 0.463. The van der Waals surface area contributed by atoms with E-state index in [0.29, 0.717) is 17.5 Å². The third-order valence-corrected chi connectivity index (χ3v) is 5.96. The van der Waals surface area contributed by atoms with Gasteiger partial charge in [-0.25, -0.2) is 0 Å². The number of likely N-dealkylation sites (tertiary alicyclic amines) is 1. The van der Waals surface area contributed by atoms with E-state index in [1.54, 1.807) is 13.2 Å². The quantitative estimate of drug-likeness (QED) is 0.627. The molecule has 0 radical (unpaired) electrons. The molecule has 6 nitrogen and oxygen atoms in total. The van der Waals surface area contributed by atoms with Crippen LogP contribution in [0.5, 0.6) is 5.75 Å². The Morgan fingerprint density at radius 1 is 1.13 bits per heavy atom. The zero-order chi connectivity index (χ0) is 21.8. The molecule has 4 rings (SSSR count). The Bertz CT molecular complexity index is 1110. The highest BCUT2D eigenvalue weighted by atomic mass is 16.5. The maximum atomic E-state index is 12.8. The Morgan fingerprint density at radius 2 is 1.87 bits per heavy atom. The van der Waals surface area contributed by atoms with Crippen LogP contribution in [-0.2, 0) is 6.42 Å². The summed E-state index contributed by atoms with van der Waals surface area (Å²) in [4.78, 5) is 27.8. The van der Waals surface area contributed by atoms with E-state index in [2.05, 4.69) is 10.2 Å². The minimum absolute atomic E-state index is 0.0386. The van der Waals surface area contributed by atoms with Crippen LogP contribution in [0.25, 0.3) is 11.0 Å². The van der Waals surface area contributed by atoms with Crippen LogP contribution in [0.2, 0.25) is 0 Å². The minimum atomic E-state index is -0.378. The topological polar surface area (TPSA) is 71.8 Å². The van der Waals surface area contributed by atoms with Crippen LogP contribution < -0.4 is 15.5 Å². The number of carbonyl (C=O) groups is 1. The number of carbonyl (C=O) groups excluding carboxylic acids is 1. The molecule has 2 heterocycles. The van der Waals surface area contributed by atoms with Crippen molar-refractivity contribution in [1.82, 2.24) is 10.2 Å². The molecule has 3 aromatic rings. The van der Waals surface area contributed by atoms with Crippen LogP contribution in [0.4, 0.5) is 0 Å². The maximum absolute atomic E-state index is 12.8. The largest absolute Gasteiger partial charge is 0.497 e. The van der Waals surface area contributed by atoms with E-state index in [1.807, 2.05) is 43.3 Å². The molecule has 1 aromatic heterocycles. The average molecular weight is 421 g/mol. The molecule has 31 heavy (non-hydrogen) atoms. The van der Waals surface area contributed by atoms with Gasteiger partial charge >= 0.3 is 0 Å². The molecule has 0 saturated carbocycles. The summed E-state index contributed by atoms with van der Waals surface area (Å²) in [7, 11) is 1.65. The number of benzene rings is 2. The van der Waals surface area contributed by atoms with Crippen molar-refractivity contribution in [3.63, 3.8) is 0 Å². The molecule has 1 unspecified atom stereocenters. The van der Waals surface area contributed by atoms with Crippen molar-refractivity contribution < 1.29 is 13.9 Å². The van der Waals surface area contributed by atoms with Crippen molar-refractivity contribution in [1.29, 1.82) is 0 Å². The lowest BCUT2D eigenvalue weighted by atomic mass is 10.1. The van der Waals surface area contributed by atoms with Gasteiger partial charge in [-0.1, -0.05) is 25.1 Å². The molecule has 0 spiro atoms. The number of nitrogens with zero attached hydrogens (tertiary/aromatic N) is 1. The normalized spacial score (nSPS) is 15.2. The third-order valence-electron chi connectivity index (χ3n) is 5.96. The van der Waals surface area contributed by atoms with Gasteiger partial charge < -0.3 is 14.5 Å². The molecule has 1 atom stereocenters. The fraction of sp³-hybridized carbons (Fsp3) is 0.360. The van der Waals surface area contributed by atoms with Gasteiger partial charge in [0.25, 0.3) is 5.91 Å². The molecular formula is C25H28N2O4. The summed E-state index contributed by atoms with van der Waals surface area (Å²) in [6.45, 7) is 4.46. The number of methoxy groups -OCH3 is 1.